The van der Waals surface area contributed by atoms with Gasteiger partial charge in [0.1, 0.15) is 30.3 Å². The number of ether oxygens (including phenoxy) is 2. The van der Waals surface area contributed by atoms with E-state index in [-0.39, 0.29) is 49.3 Å². The van der Waals surface area contributed by atoms with Crippen molar-refractivity contribution in [1.29, 1.82) is 0 Å². The van der Waals surface area contributed by atoms with Crippen LogP contribution in [0.2, 0.25) is 0 Å². The standard InChI is InChI=1S/C29H32N2O7.Na/c1-18-12-24(37-17-29(4,35)16-32)13-19(2)26(18)25-7-5-6-22(20(25)3)15-36-23-10-8-21(9-11-23)14-31-27(33)30-28(34)38-31;/h5-13,32,35H,14-17H2,1-4H3,(H,30,33,34);/q;+1/p-1. The molecule has 1 unspecified atom stereocenters. The van der Waals surface area contributed by atoms with Crippen LogP contribution in [-0.2, 0) is 13.2 Å². The van der Waals surface area contributed by atoms with E-state index in [0.29, 0.717) is 18.1 Å². The molecule has 4 aromatic rings. The number of nitrogens with zero attached hydrogens (tertiary/aromatic N) is 2. The molecule has 10 heteroatoms. The summed E-state index contributed by atoms with van der Waals surface area (Å²) in [6, 6.07) is 17.2. The van der Waals surface area contributed by atoms with Gasteiger partial charge in [-0.15, -0.1) is 0 Å². The van der Waals surface area contributed by atoms with E-state index in [9.17, 15) is 19.8 Å². The third-order valence-corrected chi connectivity index (χ3v) is 6.34. The third kappa shape index (κ3) is 7.52. The van der Waals surface area contributed by atoms with E-state index < -0.39 is 17.0 Å². The molecule has 4 rings (SSSR count). The first-order valence-corrected chi connectivity index (χ1v) is 12.2. The summed E-state index contributed by atoms with van der Waals surface area (Å²) in [5.41, 5.74) is 5.18. The number of aliphatic hydroxyl groups is 2. The van der Waals surface area contributed by atoms with Gasteiger partial charge in [0.2, 0.25) is 0 Å². The molecule has 9 nitrogen and oxygen atoms in total. The Kier molecular flexibility index (Phi) is 10.0. The molecule has 200 valence electrons. The van der Waals surface area contributed by atoms with Crippen LogP contribution in [0.3, 0.4) is 0 Å². The van der Waals surface area contributed by atoms with E-state index in [1.165, 1.54) is 6.92 Å². The average molecular weight is 543 g/mol. The minimum absolute atomic E-state index is 0. The molecule has 2 N–H and O–H groups in total. The topological polar surface area (TPSA) is 125 Å². The molecule has 39 heavy (non-hydrogen) atoms. The Labute approximate surface area is 248 Å². The molecular formula is C29H31N2NaO7. The summed E-state index contributed by atoms with van der Waals surface area (Å²) in [7, 11) is 0. The van der Waals surface area contributed by atoms with Crippen LogP contribution in [0.4, 0.5) is 0 Å². The Balaban J connectivity index is 0.00000420. The van der Waals surface area contributed by atoms with Gasteiger partial charge in [0.05, 0.1) is 6.61 Å². The molecule has 0 amide bonds. The molecule has 0 saturated heterocycles. The average Bonchev–Trinajstić information content (AvgIpc) is 3.19. The van der Waals surface area contributed by atoms with Crippen LogP contribution in [0.25, 0.3) is 11.1 Å². The molecule has 1 aromatic heterocycles. The van der Waals surface area contributed by atoms with E-state index in [0.717, 1.165) is 43.7 Å². The molecule has 1 atom stereocenters. The van der Waals surface area contributed by atoms with Crippen molar-refractivity contribution in [2.24, 2.45) is 0 Å². The van der Waals surface area contributed by atoms with Crippen molar-refractivity contribution in [3.8, 4) is 22.6 Å². The van der Waals surface area contributed by atoms with Crippen molar-refractivity contribution in [2.45, 2.75) is 46.4 Å². The smallest absolute Gasteiger partial charge is 0.490 e. The van der Waals surface area contributed by atoms with Crippen LogP contribution in [-0.4, -0.2) is 33.8 Å². The largest absolute Gasteiger partial charge is 1.00 e. The van der Waals surface area contributed by atoms with E-state index in [4.69, 9.17) is 14.0 Å². The molecule has 1 heterocycles. The van der Waals surface area contributed by atoms with Gasteiger partial charge in [-0.25, -0.2) is 4.79 Å². The van der Waals surface area contributed by atoms with E-state index in [1.54, 1.807) is 24.3 Å². The van der Waals surface area contributed by atoms with Gasteiger partial charge in [0.25, 0.3) is 0 Å². The number of aliphatic hydroxyl groups excluding tert-OH is 1. The van der Waals surface area contributed by atoms with Gasteiger partial charge < -0.3 is 29.2 Å². The Morgan fingerprint density at radius 1 is 0.974 bits per heavy atom. The van der Waals surface area contributed by atoms with Crippen LogP contribution < -0.4 is 55.5 Å². The summed E-state index contributed by atoms with van der Waals surface area (Å²) < 4.78 is 17.4. The maximum Gasteiger partial charge on any atom is 1.00 e. The van der Waals surface area contributed by atoms with Crippen molar-refractivity contribution < 1.29 is 53.8 Å². The fourth-order valence-corrected chi connectivity index (χ4v) is 4.23. The first-order valence-electron chi connectivity index (χ1n) is 12.2. The van der Waals surface area contributed by atoms with Gasteiger partial charge in [-0.2, -0.15) is 0 Å². The van der Waals surface area contributed by atoms with Gasteiger partial charge in [0.15, 0.2) is 5.69 Å². The maximum absolute atomic E-state index is 11.6. The monoisotopic (exact) mass is 542 g/mol. The first-order chi connectivity index (χ1) is 18.1. The number of benzene rings is 3. The van der Waals surface area contributed by atoms with E-state index in [2.05, 4.69) is 18.0 Å². The molecule has 0 aliphatic carbocycles. The Morgan fingerprint density at radius 2 is 1.64 bits per heavy atom. The zero-order chi connectivity index (χ0) is 27.4. The molecule has 0 aliphatic heterocycles. The third-order valence-electron chi connectivity index (χ3n) is 6.34. The zero-order valence-electron chi connectivity index (χ0n) is 22.9. The number of rotatable bonds is 10. The molecule has 3 aromatic carbocycles. The summed E-state index contributed by atoms with van der Waals surface area (Å²) in [5, 5.41) is 19.3. The normalized spacial score (nSPS) is 12.5. The molecule has 0 spiro atoms. The van der Waals surface area contributed by atoms with Crippen molar-refractivity contribution in [3.63, 3.8) is 0 Å². The predicted octanol–water partition coefficient (Wildman–Crippen LogP) is 0.104. The van der Waals surface area contributed by atoms with Crippen molar-refractivity contribution >= 4 is 0 Å². The van der Waals surface area contributed by atoms with Crippen molar-refractivity contribution in [2.75, 3.05) is 13.2 Å². The fraction of sp³-hybridized carbons (Fsp3) is 0.310. The predicted molar refractivity (Wildman–Crippen MR) is 142 cm³/mol. The summed E-state index contributed by atoms with van der Waals surface area (Å²) in [4.78, 5) is 25.9. The van der Waals surface area contributed by atoms with E-state index in [1.807, 2.05) is 38.1 Å². The maximum atomic E-state index is 11.6. The SMILES string of the molecule is Cc1cc(OCC(C)(O)CO)cc(C)c1-c1cccc(COc2ccc(Cn3oc(=O)[n-]c3=O)cc2)c1C.[Na+]. The van der Waals surface area contributed by atoms with Gasteiger partial charge in [-0.05, 0) is 90.9 Å². The van der Waals surface area contributed by atoms with Crippen LogP contribution >= 0.6 is 0 Å². The second-order valence-electron chi connectivity index (χ2n) is 9.69. The van der Waals surface area contributed by atoms with Gasteiger partial charge in [-0.3, -0.25) is 9.53 Å². The Morgan fingerprint density at radius 3 is 2.23 bits per heavy atom. The molecular weight excluding hydrogens is 511 g/mol. The second-order valence-corrected chi connectivity index (χ2v) is 9.69. The van der Waals surface area contributed by atoms with Crippen molar-refractivity contribution in [3.05, 3.63) is 103 Å². The summed E-state index contributed by atoms with van der Waals surface area (Å²) >= 11 is 0. The van der Waals surface area contributed by atoms with Gasteiger partial charge >= 0.3 is 35.3 Å². The summed E-state index contributed by atoms with van der Waals surface area (Å²) in [6.45, 7) is 7.73. The quantitative estimate of drug-likeness (QED) is 0.271. The minimum atomic E-state index is -1.30. The molecule has 0 radical (unpaired) electrons. The molecule has 0 aliphatic rings. The second kappa shape index (κ2) is 12.8. The minimum Gasteiger partial charge on any atom is -0.490 e. The number of hydrogen-bond donors (Lipinski definition) is 2. The molecule has 0 bridgehead atoms. The molecule has 0 saturated carbocycles. The van der Waals surface area contributed by atoms with Crippen LogP contribution in [0.1, 0.15) is 34.7 Å². The Hall–Kier alpha value is -3.08. The number of hydrogen-bond acceptors (Lipinski definition) is 7. The zero-order valence-corrected chi connectivity index (χ0v) is 24.9. The van der Waals surface area contributed by atoms with Crippen molar-refractivity contribution in [1.82, 2.24) is 9.72 Å². The first kappa shape index (κ1) is 30.5. The molecule has 0 fully saturated rings. The number of aromatic nitrogens is 2. The van der Waals surface area contributed by atoms with E-state index >= 15 is 0 Å². The summed E-state index contributed by atoms with van der Waals surface area (Å²) in [6.07, 6.45) is 0. The van der Waals surface area contributed by atoms with Crippen LogP contribution in [0.5, 0.6) is 11.5 Å². The van der Waals surface area contributed by atoms with Gasteiger partial charge in [-0.1, -0.05) is 30.3 Å². The van der Waals surface area contributed by atoms with Crippen LogP contribution in [0, 0.1) is 20.8 Å². The summed E-state index contributed by atoms with van der Waals surface area (Å²) in [5.74, 6) is 0.398. The van der Waals surface area contributed by atoms with Crippen LogP contribution in [0.15, 0.2) is 68.7 Å². The number of aryl methyl sites for hydroxylation is 2. The fourth-order valence-electron chi connectivity index (χ4n) is 4.23. The van der Waals surface area contributed by atoms with Gasteiger partial charge in [0, 0.05) is 6.54 Å². The Bertz CT molecular complexity index is 1510.